The number of fused-ring (bicyclic) bond motifs is 2. The number of nitrogens with zero attached hydrogens (tertiary/aromatic N) is 5. The molecule has 4 aromatic rings. The second-order valence-corrected chi connectivity index (χ2v) is 7.79. The minimum absolute atomic E-state index is 0.223. The van der Waals surface area contributed by atoms with Gasteiger partial charge in [-0.25, -0.2) is 9.37 Å². The average Bonchev–Trinajstić information content (AvgIpc) is 3.42. The summed E-state index contributed by atoms with van der Waals surface area (Å²) in [7, 11) is 2.03. The summed E-state index contributed by atoms with van der Waals surface area (Å²) in [5, 5.41) is 6.15. The van der Waals surface area contributed by atoms with Gasteiger partial charge in [0, 0.05) is 50.5 Å². The fraction of sp³-hybridized carbons (Fsp3) is 0.273. The molecule has 0 radical (unpaired) electrons. The van der Waals surface area contributed by atoms with E-state index in [1.807, 2.05) is 13.1 Å². The van der Waals surface area contributed by atoms with Crippen molar-refractivity contribution in [1.82, 2.24) is 24.7 Å². The van der Waals surface area contributed by atoms with Gasteiger partial charge in [0.15, 0.2) is 11.5 Å². The second-order valence-electron chi connectivity index (χ2n) is 7.79. The van der Waals surface area contributed by atoms with Crippen molar-refractivity contribution in [3.63, 3.8) is 0 Å². The van der Waals surface area contributed by atoms with Crippen molar-refractivity contribution in [1.29, 1.82) is 0 Å². The van der Waals surface area contributed by atoms with Gasteiger partial charge in [-0.15, -0.1) is 0 Å². The van der Waals surface area contributed by atoms with Gasteiger partial charge in [-0.1, -0.05) is 0 Å². The quantitative estimate of drug-likeness (QED) is 0.529. The highest BCUT2D eigenvalue weighted by Gasteiger charge is 2.23. The van der Waals surface area contributed by atoms with Crippen LogP contribution in [-0.2, 0) is 0 Å². The molecule has 31 heavy (non-hydrogen) atoms. The van der Waals surface area contributed by atoms with E-state index < -0.39 is 5.82 Å². The lowest BCUT2D eigenvalue weighted by atomic mass is 10.1. The zero-order chi connectivity index (χ0) is 21.5. The lowest BCUT2D eigenvalue weighted by Gasteiger charge is -2.27. The van der Waals surface area contributed by atoms with E-state index in [-0.39, 0.29) is 11.6 Å². The van der Waals surface area contributed by atoms with E-state index in [0.717, 1.165) is 25.2 Å². The van der Waals surface area contributed by atoms with Crippen LogP contribution >= 0.6 is 0 Å². The number of anilines is 2. The number of amides is 1. The van der Waals surface area contributed by atoms with Crippen LogP contribution in [0.1, 0.15) is 22.5 Å². The number of aromatic nitrogens is 4. The Hall–Kier alpha value is -3.59. The van der Waals surface area contributed by atoms with Gasteiger partial charge in [0.25, 0.3) is 5.91 Å². The number of carbonyl (C=O) groups is 1. The van der Waals surface area contributed by atoms with E-state index in [1.54, 1.807) is 42.2 Å². The van der Waals surface area contributed by atoms with E-state index in [2.05, 4.69) is 30.5 Å². The Balaban J connectivity index is 1.50. The first-order valence-electron chi connectivity index (χ1n) is 10.1. The molecule has 3 aromatic heterocycles. The zero-order valence-corrected chi connectivity index (χ0v) is 17.3. The molecule has 2 N–H and O–H groups in total. The number of benzene rings is 1. The summed E-state index contributed by atoms with van der Waals surface area (Å²) in [6.07, 6.45) is 7.58. The minimum atomic E-state index is -0.502. The Bertz CT molecular complexity index is 1300. The molecular formula is C22H22FN7O. The van der Waals surface area contributed by atoms with Crippen molar-refractivity contribution in [3.05, 3.63) is 60.1 Å². The number of imidazole rings is 1. The van der Waals surface area contributed by atoms with Crippen LogP contribution in [0.15, 0.2) is 43.0 Å². The number of pyridine rings is 1. The number of hydrogen-bond acceptors (Lipinski definition) is 6. The monoisotopic (exact) mass is 419 g/mol. The number of nitrogens with one attached hydrogen (secondary N) is 2. The number of likely N-dealkylation sites (N-methyl/N-ethyl adjacent to an activating group) is 1. The number of hydrogen-bond donors (Lipinski definition) is 2. The molecule has 1 atom stereocenters. The fourth-order valence-corrected chi connectivity index (χ4v) is 4.12. The first-order valence-corrected chi connectivity index (χ1v) is 10.1. The van der Waals surface area contributed by atoms with E-state index >= 15 is 0 Å². The molecule has 1 fully saturated rings. The van der Waals surface area contributed by atoms with E-state index in [9.17, 15) is 9.18 Å². The van der Waals surface area contributed by atoms with Crippen molar-refractivity contribution in [2.24, 2.45) is 0 Å². The smallest absolute Gasteiger partial charge is 0.257 e. The molecule has 0 saturated carbocycles. The fourth-order valence-electron chi connectivity index (χ4n) is 4.12. The average molecular weight is 419 g/mol. The maximum atomic E-state index is 14.4. The maximum Gasteiger partial charge on any atom is 0.257 e. The molecule has 158 valence electrons. The van der Waals surface area contributed by atoms with Crippen molar-refractivity contribution in [3.8, 4) is 0 Å². The normalized spacial score (nSPS) is 16.2. The van der Waals surface area contributed by atoms with Gasteiger partial charge < -0.3 is 19.9 Å². The molecule has 0 bridgehead atoms. The van der Waals surface area contributed by atoms with Crippen LogP contribution < -0.4 is 15.5 Å². The van der Waals surface area contributed by atoms with Crippen molar-refractivity contribution in [2.75, 3.05) is 30.4 Å². The van der Waals surface area contributed by atoms with Gasteiger partial charge >= 0.3 is 0 Å². The van der Waals surface area contributed by atoms with E-state index in [0.29, 0.717) is 34.0 Å². The number of carbonyl (C=O) groups excluding carboxylic acids is 1. The predicted octanol–water partition coefficient (Wildman–Crippen LogP) is 2.78. The molecule has 0 aliphatic carbocycles. The molecule has 1 saturated heterocycles. The molecule has 1 aliphatic heterocycles. The largest absolute Gasteiger partial charge is 0.368 e. The highest BCUT2D eigenvalue weighted by molar-refractivity contribution is 6.13. The van der Waals surface area contributed by atoms with Crippen LogP contribution in [-0.4, -0.2) is 51.4 Å². The molecular weight excluding hydrogens is 397 g/mol. The zero-order valence-electron chi connectivity index (χ0n) is 17.3. The van der Waals surface area contributed by atoms with Gasteiger partial charge in [0.05, 0.1) is 22.6 Å². The summed E-state index contributed by atoms with van der Waals surface area (Å²) in [6, 6.07) is 5.27. The van der Waals surface area contributed by atoms with Gasteiger partial charge in [-0.05, 0) is 32.0 Å². The van der Waals surface area contributed by atoms with Gasteiger partial charge in [0.2, 0.25) is 0 Å². The summed E-state index contributed by atoms with van der Waals surface area (Å²) in [5.74, 6) is -0.879. The van der Waals surface area contributed by atoms with Crippen molar-refractivity contribution < 1.29 is 9.18 Å². The van der Waals surface area contributed by atoms with Crippen molar-refractivity contribution >= 4 is 34.0 Å². The Labute approximate surface area is 178 Å². The molecule has 9 heteroatoms. The summed E-state index contributed by atoms with van der Waals surface area (Å²) in [5.41, 5.74) is 3.73. The SMILES string of the molecule is Cc1cn2cc(NC(=O)c3ccc(N(C)C4CCNC4)c4nccnc34)cc(F)c2n1. The lowest BCUT2D eigenvalue weighted by Crippen LogP contribution is -2.33. The number of rotatable bonds is 4. The Morgan fingerprint density at radius 3 is 2.84 bits per heavy atom. The van der Waals surface area contributed by atoms with Crippen LogP contribution in [0.25, 0.3) is 16.7 Å². The summed E-state index contributed by atoms with van der Waals surface area (Å²) >= 11 is 0. The molecule has 5 rings (SSSR count). The molecule has 1 amide bonds. The summed E-state index contributed by atoms with van der Waals surface area (Å²) < 4.78 is 15.9. The predicted molar refractivity (Wildman–Crippen MR) is 117 cm³/mol. The second kappa shape index (κ2) is 7.59. The standard InChI is InChI=1S/C22H22FN7O/c1-13-11-30-12-14(9-17(23)21(30)27-13)28-22(31)16-3-4-18(20-19(16)25-7-8-26-20)29(2)15-5-6-24-10-15/h3-4,7-9,11-12,15,24H,5-6,10H2,1-2H3,(H,28,31). The topological polar surface area (TPSA) is 87.5 Å². The van der Waals surface area contributed by atoms with Crippen LogP contribution in [0.5, 0.6) is 0 Å². The first kappa shape index (κ1) is 19.4. The van der Waals surface area contributed by atoms with Gasteiger partial charge in [0.1, 0.15) is 11.0 Å². The van der Waals surface area contributed by atoms with Crippen LogP contribution in [0.4, 0.5) is 15.8 Å². The molecule has 4 heterocycles. The molecule has 1 aliphatic rings. The Kier molecular flexibility index (Phi) is 4.74. The van der Waals surface area contributed by atoms with E-state index in [4.69, 9.17) is 0 Å². The first-order chi connectivity index (χ1) is 15.0. The number of halogens is 1. The third kappa shape index (κ3) is 3.46. The highest BCUT2D eigenvalue weighted by Crippen LogP contribution is 2.29. The van der Waals surface area contributed by atoms with Crippen LogP contribution in [0.2, 0.25) is 0 Å². The van der Waals surface area contributed by atoms with Gasteiger partial charge in [-0.3, -0.25) is 14.8 Å². The minimum Gasteiger partial charge on any atom is -0.368 e. The molecule has 1 aromatic carbocycles. The van der Waals surface area contributed by atoms with Crippen molar-refractivity contribution in [2.45, 2.75) is 19.4 Å². The third-order valence-corrected chi connectivity index (χ3v) is 5.70. The van der Waals surface area contributed by atoms with Crippen LogP contribution in [0, 0.1) is 12.7 Å². The van der Waals surface area contributed by atoms with E-state index in [1.165, 1.54) is 6.07 Å². The van der Waals surface area contributed by atoms with Crippen LogP contribution in [0.3, 0.4) is 0 Å². The Morgan fingerprint density at radius 1 is 1.26 bits per heavy atom. The molecule has 8 nitrogen and oxygen atoms in total. The van der Waals surface area contributed by atoms with Gasteiger partial charge in [-0.2, -0.15) is 0 Å². The maximum absolute atomic E-state index is 14.4. The lowest BCUT2D eigenvalue weighted by molar-refractivity contribution is 0.102. The number of aryl methyl sites for hydroxylation is 1. The molecule has 1 unspecified atom stereocenters. The summed E-state index contributed by atoms with van der Waals surface area (Å²) in [6.45, 7) is 3.68. The Morgan fingerprint density at radius 2 is 2.06 bits per heavy atom. The third-order valence-electron chi connectivity index (χ3n) is 5.70. The highest BCUT2D eigenvalue weighted by atomic mass is 19.1. The summed E-state index contributed by atoms with van der Waals surface area (Å²) in [4.78, 5) is 28.3. The molecule has 0 spiro atoms.